The lowest BCUT2D eigenvalue weighted by Gasteiger charge is -2.33. The van der Waals surface area contributed by atoms with Crippen LogP contribution in [-0.2, 0) is 26.2 Å². The second-order valence-corrected chi connectivity index (χ2v) is 10.9. The minimum Gasteiger partial charge on any atom is -0.497 e. The van der Waals surface area contributed by atoms with Gasteiger partial charge in [-0.15, -0.1) is 0 Å². The Labute approximate surface area is 200 Å². The minimum absolute atomic E-state index is 0.0204. The summed E-state index contributed by atoms with van der Waals surface area (Å²) in [5.41, 5.74) is 0.217. The van der Waals surface area contributed by atoms with Crippen LogP contribution in [-0.4, -0.2) is 56.6 Å². The fraction of sp³-hybridized carbons (Fsp3) is 0.417. The first-order valence-electron chi connectivity index (χ1n) is 10.7. The molecule has 8 nitrogen and oxygen atoms in total. The van der Waals surface area contributed by atoms with Crippen molar-refractivity contribution >= 4 is 27.5 Å². The van der Waals surface area contributed by atoms with Gasteiger partial charge >= 0.3 is 0 Å². The molecule has 0 aromatic heterocycles. The predicted octanol–water partition coefficient (Wildman–Crippen LogP) is 2.93. The zero-order valence-electron chi connectivity index (χ0n) is 20.3. The number of hydrogen-bond acceptors (Lipinski definition) is 5. The van der Waals surface area contributed by atoms with E-state index in [1.54, 1.807) is 31.2 Å². The van der Waals surface area contributed by atoms with Crippen molar-refractivity contribution in [3.63, 3.8) is 0 Å². The number of carbonyl (C=O) groups excluding carboxylic acids is 2. The monoisotopic (exact) mass is 493 g/mol. The fourth-order valence-corrected chi connectivity index (χ4v) is 4.07. The molecule has 2 aromatic rings. The normalized spacial score (nSPS) is 12.6. The van der Waals surface area contributed by atoms with E-state index in [1.165, 1.54) is 30.2 Å². The van der Waals surface area contributed by atoms with Gasteiger partial charge in [0.15, 0.2) is 0 Å². The van der Waals surface area contributed by atoms with Gasteiger partial charge in [-0.3, -0.25) is 13.9 Å². The lowest BCUT2D eigenvalue weighted by atomic mass is 10.1. The minimum atomic E-state index is -3.92. The van der Waals surface area contributed by atoms with Crippen molar-refractivity contribution in [1.82, 2.24) is 10.2 Å². The van der Waals surface area contributed by atoms with E-state index in [0.717, 1.165) is 22.2 Å². The van der Waals surface area contributed by atoms with Crippen LogP contribution in [0.25, 0.3) is 0 Å². The van der Waals surface area contributed by atoms with Gasteiger partial charge in [0.2, 0.25) is 21.8 Å². The summed E-state index contributed by atoms with van der Waals surface area (Å²) in [4.78, 5) is 27.6. The molecular formula is C24H32FN3O5S. The van der Waals surface area contributed by atoms with Crippen LogP contribution in [0.4, 0.5) is 10.1 Å². The van der Waals surface area contributed by atoms with Crippen molar-refractivity contribution in [2.75, 3.05) is 24.2 Å². The number of halogens is 1. The predicted molar refractivity (Wildman–Crippen MR) is 129 cm³/mol. The second-order valence-electron chi connectivity index (χ2n) is 9.03. The van der Waals surface area contributed by atoms with E-state index in [1.807, 2.05) is 20.8 Å². The first kappa shape index (κ1) is 27.1. The highest BCUT2D eigenvalue weighted by Gasteiger charge is 2.31. The standard InChI is InChI=1S/C24H32FN3O5S/c1-17(23(30)26-24(2,3)4)27(15-18-10-12-21(33-5)13-11-18)22(29)16-28(34(6,31)32)20-9-7-8-19(25)14-20/h7-14,17H,15-16H2,1-6H3,(H,26,30)/t17-/m0/s1. The molecule has 0 aliphatic heterocycles. The molecule has 186 valence electrons. The summed E-state index contributed by atoms with van der Waals surface area (Å²) in [5, 5.41) is 2.85. The Morgan fingerprint density at radius 1 is 1.12 bits per heavy atom. The Balaban J connectivity index is 2.40. The van der Waals surface area contributed by atoms with Crippen LogP contribution in [0.1, 0.15) is 33.3 Å². The van der Waals surface area contributed by atoms with Crippen molar-refractivity contribution < 1.29 is 27.1 Å². The summed E-state index contributed by atoms with van der Waals surface area (Å²) in [5.74, 6) is -0.991. The van der Waals surface area contributed by atoms with E-state index in [0.29, 0.717) is 5.75 Å². The van der Waals surface area contributed by atoms with E-state index in [4.69, 9.17) is 4.74 Å². The number of rotatable bonds is 9. The van der Waals surface area contributed by atoms with E-state index >= 15 is 0 Å². The quantitative estimate of drug-likeness (QED) is 0.580. The molecule has 1 N–H and O–H groups in total. The molecule has 0 saturated heterocycles. The number of hydrogen-bond donors (Lipinski definition) is 1. The summed E-state index contributed by atoms with van der Waals surface area (Å²) in [7, 11) is -2.38. The number of nitrogens with zero attached hydrogens (tertiary/aromatic N) is 2. The third kappa shape index (κ3) is 7.72. The third-order valence-electron chi connectivity index (χ3n) is 4.95. The van der Waals surface area contributed by atoms with Gasteiger partial charge in [0.05, 0.1) is 19.1 Å². The number of benzene rings is 2. The smallest absolute Gasteiger partial charge is 0.244 e. The SMILES string of the molecule is COc1ccc(CN(C(=O)CN(c2cccc(F)c2)S(C)(=O)=O)[C@@H](C)C(=O)NC(C)(C)C)cc1. The van der Waals surface area contributed by atoms with Gasteiger partial charge in [-0.05, 0) is 63.6 Å². The van der Waals surface area contributed by atoms with Crippen molar-refractivity contribution in [2.24, 2.45) is 0 Å². The average Bonchev–Trinajstić information content (AvgIpc) is 2.73. The molecule has 2 amide bonds. The number of sulfonamides is 1. The molecule has 1 atom stereocenters. The summed E-state index contributed by atoms with van der Waals surface area (Å²) in [6, 6.07) is 11.1. The van der Waals surface area contributed by atoms with Gasteiger partial charge in [0.1, 0.15) is 24.2 Å². The van der Waals surface area contributed by atoms with Crippen LogP contribution in [0.2, 0.25) is 0 Å². The molecule has 10 heteroatoms. The lowest BCUT2D eigenvalue weighted by molar-refractivity contribution is -0.140. The van der Waals surface area contributed by atoms with Crippen LogP contribution in [0.5, 0.6) is 5.75 Å². The van der Waals surface area contributed by atoms with Crippen molar-refractivity contribution in [2.45, 2.75) is 45.8 Å². The first-order chi connectivity index (χ1) is 15.7. The van der Waals surface area contributed by atoms with Crippen molar-refractivity contribution in [3.8, 4) is 5.75 Å². The summed E-state index contributed by atoms with van der Waals surface area (Å²) in [6.45, 7) is 6.51. The highest BCUT2D eigenvalue weighted by atomic mass is 32.2. The highest BCUT2D eigenvalue weighted by Crippen LogP contribution is 2.21. The van der Waals surface area contributed by atoms with Gasteiger partial charge in [-0.1, -0.05) is 18.2 Å². The highest BCUT2D eigenvalue weighted by molar-refractivity contribution is 7.92. The molecule has 0 fully saturated rings. The number of anilines is 1. The van der Waals surface area contributed by atoms with Gasteiger partial charge in [-0.25, -0.2) is 12.8 Å². The number of nitrogens with one attached hydrogen (secondary N) is 1. The average molecular weight is 494 g/mol. The molecule has 0 saturated carbocycles. The van der Waals surface area contributed by atoms with Gasteiger partial charge < -0.3 is 15.0 Å². The van der Waals surface area contributed by atoms with Crippen molar-refractivity contribution in [1.29, 1.82) is 0 Å². The molecule has 2 rings (SSSR count). The third-order valence-corrected chi connectivity index (χ3v) is 6.09. The van der Waals surface area contributed by atoms with E-state index in [-0.39, 0.29) is 18.1 Å². The van der Waals surface area contributed by atoms with Crippen LogP contribution in [0.15, 0.2) is 48.5 Å². The molecule has 0 aliphatic rings. The molecule has 0 radical (unpaired) electrons. The zero-order chi connectivity index (χ0) is 25.7. The molecule has 0 bridgehead atoms. The van der Waals surface area contributed by atoms with Gasteiger partial charge in [0.25, 0.3) is 0 Å². The fourth-order valence-electron chi connectivity index (χ4n) is 3.23. The largest absolute Gasteiger partial charge is 0.497 e. The topological polar surface area (TPSA) is 96.0 Å². The van der Waals surface area contributed by atoms with Crippen LogP contribution in [0.3, 0.4) is 0 Å². The number of ether oxygens (including phenoxy) is 1. The Hall–Kier alpha value is -3.14. The number of carbonyl (C=O) groups is 2. The number of methoxy groups -OCH3 is 1. The van der Waals surface area contributed by atoms with Crippen LogP contribution < -0.4 is 14.4 Å². The Bertz CT molecular complexity index is 1110. The Morgan fingerprint density at radius 2 is 1.74 bits per heavy atom. The molecule has 0 unspecified atom stereocenters. The molecule has 2 aromatic carbocycles. The van der Waals surface area contributed by atoms with Crippen LogP contribution in [0, 0.1) is 5.82 Å². The first-order valence-corrected chi connectivity index (χ1v) is 12.5. The zero-order valence-corrected chi connectivity index (χ0v) is 21.1. The summed E-state index contributed by atoms with van der Waals surface area (Å²) >= 11 is 0. The van der Waals surface area contributed by atoms with E-state index < -0.39 is 39.9 Å². The molecule has 0 spiro atoms. The lowest BCUT2D eigenvalue weighted by Crippen LogP contribution is -2.54. The van der Waals surface area contributed by atoms with E-state index in [2.05, 4.69) is 5.32 Å². The maximum Gasteiger partial charge on any atom is 0.244 e. The summed E-state index contributed by atoms with van der Waals surface area (Å²) in [6.07, 6.45) is 0.939. The number of amides is 2. The van der Waals surface area contributed by atoms with E-state index in [9.17, 15) is 22.4 Å². The van der Waals surface area contributed by atoms with Crippen molar-refractivity contribution in [3.05, 3.63) is 59.9 Å². The maximum atomic E-state index is 13.8. The summed E-state index contributed by atoms with van der Waals surface area (Å²) < 4.78 is 44.7. The second kappa shape index (κ2) is 10.9. The molecule has 34 heavy (non-hydrogen) atoms. The Morgan fingerprint density at radius 3 is 2.24 bits per heavy atom. The molecule has 0 aliphatic carbocycles. The maximum absolute atomic E-state index is 13.8. The van der Waals surface area contributed by atoms with Crippen LogP contribution >= 0.6 is 0 Å². The van der Waals surface area contributed by atoms with Gasteiger partial charge in [0, 0.05) is 12.1 Å². The molecule has 0 heterocycles. The van der Waals surface area contributed by atoms with Gasteiger partial charge in [-0.2, -0.15) is 0 Å². The molecular weight excluding hydrogens is 461 g/mol. The Kier molecular flexibility index (Phi) is 8.66.